The first-order chi connectivity index (χ1) is 34.5. The van der Waals surface area contributed by atoms with Crippen molar-refractivity contribution in [2.45, 2.75) is 341 Å². The van der Waals surface area contributed by atoms with Gasteiger partial charge in [-0.3, -0.25) is 14.4 Å². The van der Waals surface area contributed by atoms with Crippen molar-refractivity contribution < 1.29 is 28.6 Å². The van der Waals surface area contributed by atoms with Crippen LogP contribution in [0, 0.1) is 0 Å². The Bertz CT molecular complexity index is 1170. The standard InChI is InChI=1S/C64H118O6/c1-4-7-10-13-16-19-22-24-26-28-30-31-32-33-35-36-38-40-42-45-48-51-54-57-63(66)69-60-61(59-68-62(65)56-53-50-47-44-21-18-15-12-9-6-3)70-64(67)58-55-52-49-46-43-41-39-37-34-29-27-25-23-20-17-14-11-8-5-2/h22,24-25,27-28,30,61H,4-21,23,26,29,31-60H2,1-3H3/b24-22-,27-25-,30-28-. The Balaban J connectivity index is 4.23. The zero-order valence-electron chi connectivity index (χ0n) is 47.1. The van der Waals surface area contributed by atoms with Crippen molar-refractivity contribution in [3.63, 3.8) is 0 Å². The quantitative estimate of drug-likeness (QED) is 0.0261. The fourth-order valence-corrected chi connectivity index (χ4v) is 9.18. The van der Waals surface area contributed by atoms with Gasteiger partial charge in [0.05, 0.1) is 0 Å². The Morgan fingerprint density at radius 3 is 0.800 bits per heavy atom. The van der Waals surface area contributed by atoms with Gasteiger partial charge in [-0.1, -0.05) is 276 Å². The van der Waals surface area contributed by atoms with Gasteiger partial charge in [0.2, 0.25) is 0 Å². The molecule has 1 atom stereocenters. The summed E-state index contributed by atoms with van der Waals surface area (Å²) in [6.07, 6.45) is 71.5. The summed E-state index contributed by atoms with van der Waals surface area (Å²) < 4.78 is 16.9. The van der Waals surface area contributed by atoms with E-state index in [0.717, 1.165) is 64.2 Å². The Hall–Kier alpha value is -2.37. The third-order valence-corrected chi connectivity index (χ3v) is 13.9. The van der Waals surface area contributed by atoms with Crippen LogP contribution in [0.15, 0.2) is 36.5 Å². The second-order valence-corrected chi connectivity index (χ2v) is 21.0. The lowest BCUT2D eigenvalue weighted by atomic mass is 10.0. The Morgan fingerprint density at radius 1 is 0.286 bits per heavy atom. The number of ether oxygens (including phenoxy) is 3. The lowest BCUT2D eigenvalue weighted by Crippen LogP contribution is -2.30. The molecule has 6 heteroatoms. The highest BCUT2D eigenvalue weighted by Crippen LogP contribution is 2.17. The van der Waals surface area contributed by atoms with Gasteiger partial charge in [-0.25, -0.2) is 0 Å². The average molecular weight is 984 g/mol. The van der Waals surface area contributed by atoms with E-state index in [1.54, 1.807) is 0 Å². The molecule has 0 aliphatic carbocycles. The van der Waals surface area contributed by atoms with E-state index in [9.17, 15) is 14.4 Å². The van der Waals surface area contributed by atoms with Crippen molar-refractivity contribution in [1.29, 1.82) is 0 Å². The van der Waals surface area contributed by atoms with Crippen LogP contribution in [0.1, 0.15) is 335 Å². The molecule has 0 N–H and O–H groups in total. The van der Waals surface area contributed by atoms with Crippen molar-refractivity contribution in [2.75, 3.05) is 13.2 Å². The minimum atomic E-state index is -0.771. The van der Waals surface area contributed by atoms with Gasteiger partial charge in [-0.15, -0.1) is 0 Å². The molecule has 0 saturated carbocycles. The van der Waals surface area contributed by atoms with E-state index in [-0.39, 0.29) is 31.1 Å². The third-order valence-electron chi connectivity index (χ3n) is 13.9. The first kappa shape index (κ1) is 67.6. The first-order valence-electron chi connectivity index (χ1n) is 31.0. The largest absolute Gasteiger partial charge is 0.462 e. The predicted octanol–water partition coefficient (Wildman–Crippen LogP) is 20.8. The van der Waals surface area contributed by atoms with Crippen LogP contribution in [-0.2, 0) is 28.6 Å². The number of hydrogen-bond acceptors (Lipinski definition) is 6. The SMILES string of the molecule is CCCCCCC/C=C\C/C=C\CCCCCCCCCCCCCC(=O)OCC(COC(=O)CCCCCCCCCCCC)OC(=O)CCCCCCCCCCC/C=C\CCCCCCCC. The van der Waals surface area contributed by atoms with Gasteiger partial charge < -0.3 is 14.2 Å². The van der Waals surface area contributed by atoms with E-state index in [2.05, 4.69) is 57.2 Å². The number of carbonyl (C=O) groups excluding carboxylic acids is 3. The Kier molecular flexibility index (Phi) is 57.2. The van der Waals surface area contributed by atoms with E-state index in [1.807, 2.05) is 0 Å². The van der Waals surface area contributed by atoms with E-state index in [1.165, 1.54) is 231 Å². The molecule has 0 rings (SSSR count). The number of unbranched alkanes of at least 4 members (excludes halogenated alkanes) is 40. The molecule has 0 aromatic heterocycles. The summed E-state index contributed by atoms with van der Waals surface area (Å²) in [5.41, 5.74) is 0. The molecule has 0 radical (unpaired) electrons. The highest BCUT2D eigenvalue weighted by atomic mass is 16.6. The van der Waals surface area contributed by atoms with E-state index in [4.69, 9.17) is 14.2 Å². The van der Waals surface area contributed by atoms with Gasteiger partial charge in [0.1, 0.15) is 13.2 Å². The fraction of sp³-hybridized carbons (Fsp3) is 0.859. The Morgan fingerprint density at radius 2 is 0.514 bits per heavy atom. The van der Waals surface area contributed by atoms with Crippen LogP contribution in [0.3, 0.4) is 0 Å². The molecule has 0 aromatic carbocycles. The van der Waals surface area contributed by atoms with Crippen molar-refractivity contribution in [1.82, 2.24) is 0 Å². The lowest BCUT2D eigenvalue weighted by molar-refractivity contribution is -0.167. The maximum Gasteiger partial charge on any atom is 0.306 e. The molecule has 0 spiro atoms. The van der Waals surface area contributed by atoms with Crippen molar-refractivity contribution in [3.8, 4) is 0 Å². The van der Waals surface area contributed by atoms with Gasteiger partial charge in [-0.05, 0) is 77.0 Å². The van der Waals surface area contributed by atoms with Crippen LogP contribution in [0.4, 0.5) is 0 Å². The zero-order chi connectivity index (χ0) is 50.7. The third kappa shape index (κ3) is 56.5. The molecule has 410 valence electrons. The molecule has 0 heterocycles. The molecule has 0 aromatic rings. The summed E-state index contributed by atoms with van der Waals surface area (Å²) in [5, 5.41) is 0. The summed E-state index contributed by atoms with van der Waals surface area (Å²) in [7, 11) is 0. The molecule has 70 heavy (non-hydrogen) atoms. The summed E-state index contributed by atoms with van der Waals surface area (Å²) in [5.74, 6) is -0.856. The maximum absolute atomic E-state index is 12.9. The second kappa shape index (κ2) is 59.2. The fourth-order valence-electron chi connectivity index (χ4n) is 9.18. The summed E-state index contributed by atoms with van der Waals surface area (Å²) in [4.78, 5) is 38.2. The predicted molar refractivity (Wildman–Crippen MR) is 302 cm³/mol. The Labute approximate surface area is 435 Å². The minimum Gasteiger partial charge on any atom is -0.462 e. The molecule has 1 unspecified atom stereocenters. The van der Waals surface area contributed by atoms with E-state index >= 15 is 0 Å². The van der Waals surface area contributed by atoms with E-state index < -0.39 is 6.10 Å². The van der Waals surface area contributed by atoms with Gasteiger partial charge in [-0.2, -0.15) is 0 Å². The minimum absolute atomic E-state index is 0.0696. The molecular formula is C64H118O6. The number of allylic oxidation sites excluding steroid dienone is 6. The van der Waals surface area contributed by atoms with Crippen LogP contribution in [-0.4, -0.2) is 37.2 Å². The molecule has 0 fully saturated rings. The number of hydrogen-bond donors (Lipinski definition) is 0. The van der Waals surface area contributed by atoms with Crippen LogP contribution >= 0.6 is 0 Å². The molecule has 0 saturated heterocycles. The van der Waals surface area contributed by atoms with Crippen LogP contribution < -0.4 is 0 Å². The zero-order valence-corrected chi connectivity index (χ0v) is 47.1. The van der Waals surface area contributed by atoms with Gasteiger partial charge in [0.25, 0.3) is 0 Å². The number of esters is 3. The molecule has 0 bridgehead atoms. The summed E-state index contributed by atoms with van der Waals surface area (Å²) in [6.45, 7) is 6.66. The van der Waals surface area contributed by atoms with E-state index in [0.29, 0.717) is 19.3 Å². The number of rotatable bonds is 57. The van der Waals surface area contributed by atoms with Crippen molar-refractivity contribution >= 4 is 17.9 Å². The molecule has 6 nitrogen and oxygen atoms in total. The van der Waals surface area contributed by atoms with Crippen molar-refractivity contribution in [3.05, 3.63) is 36.5 Å². The van der Waals surface area contributed by atoms with Crippen molar-refractivity contribution in [2.24, 2.45) is 0 Å². The first-order valence-corrected chi connectivity index (χ1v) is 31.0. The van der Waals surface area contributed by atoms with Crippen LogP contribution in [0.2, 0.25) is 0 Å². The topological polar surface area (TPSA) is 78.9 Å². The highest BCUT2D eigenvalue weighted by molar-refractivity contribution is 5.71. The molecule has 0 aliphatic heterocycles. The monoisotopic (exact) mass is 983 g/mol. The molecule has 0 amide bonds. The maximum atomic E-state index is 12.9. The van der Waals surface area contributed by atoms with Crippen LogP contribution in [0.5, 0.6) is 0 Å². The van der Waals surface area contributed by atoms with Gasteiger partial charge in [0.15, 0.2) is 6.10 Å². The molecule has 0 aliphatic rings. The highest BCUT2D eigenvalue weighted by Gasteiger charge is 2.19. The van der Waals surface area contributed by atoms with Gasteiger partial charge in [0, 0.05) is 19.3 Å². The molecular weight excluding hydrogens is 865 g/mol. The van der Waals surface area contributed by atoms with Gasteiger partial charge >= 0.3 is 17.9 Å². The van der Waals surface area contributed by atoms with Crippen LogP contribution in [0.25, 0.3) is 0 Å². The smallest absolute Gasteiger partial charge is 0.306 e. The lowest BCUT2D eigenvalue weighted by Gasteiger charge is -2.18. The summed E-state index contributed by atoms with van der Waals surface area (Å²) >= 11 is 0. The number of carbonyl (C=O) groups is 3. The average Bonchev–Trinajstić information content (AvgIpc) is 3.36. The second-order valence-electron chi connectivity index (χ2n) is 21.0. The summed E-state index contributed by atoms with van der Waals surface area (Å²) in [6, 6.07) is 0. The normalized spacial score (nSPS) is 12.2.